The summed E-state index contributed by atoms with van der Waals surface area (Å²) in [6, 6.07) is 14.9. The van der Waals surface area contributed by atoms with Gasteiger partial charge in [-0.25, -0.2) is 4.79 Å². The number of aromatic nitrogens is 1. The summed E-state index contributed by atoms with van der Waals surface area (Å²) < 4.78 is 5.41. The zero-order valence-electron chi connectivity index (χ0n) is 9.69. The van der Waals surface area contributed by atoms with E-state index in [4.69, 9.17) is 9.84 Å². The minimum atomic E-state index is -0.994. The first-order valence-electron chi connectivity index (χ1n) is 5.56. The van der Waals surface area contributed by atoms with Crippen LogP contribution in [0.1, 0.15) is 17.4 Å². The summed E-state index contributed by atoms with van der Waals surface area (Å²) in [5.74, 6) is -0.994. The summed E-state index contributed by atoms with van der Waals surface area (Å²) in [6.07, 6.45) is 1.21. The van der Waals surface area contributed by atoms with Gasteiger partial charge in [-0.1, -0.05) is 36.4 Å². The molecule has 2 aromatic rings. The van der Waals surface area contributed by atoms with Crippen molar-refractivity contribution in [3.63, 3.8) is 0 Å². The van der Waals surface area contributed by atoms with Gasteiger partial charge in [-0.3, -0.25) is 4.98 Å². The molecule has 1 heterocycles. The van der Waals surface area contributed by atoms with E-state index in [0.717, 1.165) is 5.56 Å². The fourth-order valence-corrected chi connectivity index (χ4v) is 1.67. The molecular weight excluding hydrogens is 230 g/mol. The molecule has 1 atom stereocenters. The molecule has 0 amide bonds. The lowest BCUT2D eigenvalue weighted by atomic mass is 10.1. The number of pyridine rings is 1. The Balaban J connectivity index is 2.26. The lowest BCUT2D eigenvalue weighted by molar-refractivity contribution is -0.143. The highest BCUT2D eigenvalue weighted by molar-refractivity contribution is 5.68. The van der Waals surface area contributed by atoms with Crippen LogP contribution in [0.5, 0.6) is 0 Å². The van der Waals surface area contributed by atoms with E-state index in [2.05, 4.69) is 4.98 Å². The largest absolute Gasteiger partial charge is 0.480 e. The molecule has 1 unspecified atom stereocenters. The molecule has 1 aromatic carbocycles. The minimum absolute atomic E-state index is 0.351. The van der Waals surface area contributed by atoms with Crippen LogP contribution < -0.4 is 0 Å². The molecule has 0 bridgehead atoms. The molecule has 1 aromatic heterocycles. The first-order chi connectivity index (χ1) is 8.77. The smallest absolute Gasteiger partial charge is 0.329 e. The van der Waals surface area contributed by atoms with Crippen molar-refractivity contribution in [2.75, 3.05) is 6.61 Å². The molecule has 0 spiro atoms. The van der Waals surface area contributed by atoms with Crippen LogP contribution >= 0.6 is 0 Å². The van der Waals surface area contributed by atoms with E-state index in [9.17, 15) is 4.79 Å². The highest BCUT2D eigenvalue weighted by Gasteiger charge is 2.16. The fourth-order valence-electron chi connectivity index (χ4n) is 1.67. The number of carbonyl (C=O) groups is 1. The number of aliphatic carboxylic acids is 1. The Hall–Kier alpha value is -2.20. The molecule has 2 rings (SSSR count). The average molecular weight is 243 g/mol. The van der Waals surface area contributed by atoms with Crippen LogP contribution in [-0.2, 0) is 9.53 Å². The summed E-state index contributed by atoms with van der Waals surface area (Å²) in [4.78, 5) is 14.8. The van der Waals surface area contributed by atoms with Crippen LogP contribution in [0.25, 0.3) is 0 Å². The van der Waals surface area contributed by atoms with Gasteiger partial charge in [0.25, 0.3) is 0 Å². The summed E-state index contributed by atoms with van der Waals surface area (Å²) in [5, 5.41) is 8.71. The molecule has 0 saturated heterocycles. The molecule has 0 radical (unpaired) electrons. The van der Waals surface area contributed by atoms with Crippen molar-refractivity contribution >= 4 is 5.97 Å². The molecule has 4 heteroatoms. The van der Waals surface area contributed by atoms with Crippen molar-refractivity contribution in [3.05, 3.63) is 66.0 Å². The van der Waals surface area contributed by atoms with Crippen molar-refractivity contribution in [2.45, 2.75) is 6.10 Å². The number of ether oxygens (including phenoxy) is 1. The number of carboxylic acids is 1. The van der Waals surface area contributed by atoms with E-state index in [1.54, 1.807) is 6.20 Å². The summed E-state index contributed by atoms with van der Waals surface area (Å²) in [7, 11) is 0. The summed E-state index contributed by atoms with van der Waals surface area (Å²) in [5.41, 5.74) is 1.59. The van der Waals surface area contributed by atoms with E-state index in [1.165, 1.54) is 0 Å². The second-order valence-electron chi connectivity index (χ2n) is 3.75. The SMILES string of the molecule is O=C(O)COC(c1ccccc1)c1ccccn1. The summed E-state index contributed by atoms with van der Waals surface area (Å²) in [6.45, 7) is -0.351. The van der Waals surface area contributed by atoms with Gasteiger partial charge in [0.1, 0.15) is 12.7 Å². The predicted molar refractivity (Wildman–Crippen MR) is 66.1 cm³/mol. The molecule has 0 aliphatic rings. The highest BCUT2D eigenvalue weighted by atomic mass is 16.5. The first kappa shape index (κ1) is 12.3. The lowest BCUT2D eigenvalue weighted by Crippen LogP contribution is -2.14. The first-order valence-corrected chi connectivity index (χ1v) is 5.56. The number of hydrogen-bond donors (Lipinski definition) is 1. The highest BCUT2D eigenvalue weighted by Crippen LogP contribution is 2.23. The molecule has 4 nitrogen and oxygen atoms in total. The van der Waals surface area contributed by atoms with Crippen LogP contribution in [0.3, 0.4) is 0 Å². The lowest BCUT2D eigenvalue weighted by Gasteiger charge is -2.16. The minimum Gasteiger partial charge on any atom is -0.480 e. The monoisotopic (exact) mass is 243 g/mol. The quantitative estimate of drug-likeness (QED) is 0.875. The third kappa shape index (κ3) is 3.15. The number of hydrogen-bond acceptors (Lipinski definition) is 3. The second kappa shape index (κ2) is 5.93. The van der Waals surface area contributed by atoms with Crippen LogP contribution in [0.2, 0.25) is 0 Å². The molecule has 1 N–H and O–H groups in total. The van der Waals surface area contributed by atoms with Gasteiger partial charge in [0, 0.05) is 6.20 Å². The van der Waals surface area contributed by atoms with Gasteiger partial charge in [0.2, 0.25) is 0 Å². The van der Waals surface area contributed by atoms with Crippen molar-refractivity contribution < 1.29 is 14.6 Å². The fraction of sp³-hybridized carbons (Fsp3) is 0.143. The Kier molecular flexibility index (Phi) is 4.04. The van der Waals surface area contributed by atoms with Gasteiger partial charge in [0.05, 0.1) is 5.69 Å². The maximum Gasteiger partial charge on any atom is 0.329 e. The van der Waals surface area contributed by atoms with Crippen molar-refractivity contribution in [3.8, 4) is 0 Å². The molecular formula is C14H13NO3. The van der Waals surface area contributed by atoms with Gasteiger partial charge in [-0.2, -0.15) is 0 Å². The van der Waals surface area contributed by atoms with Gasteiger partial charge in [0.15, 0.2) is 0 Å². The van der Waals surface area contributed by atoms with Crippen LogP contribution in [-0.4, -0.2) is 22.7 Å². The van der Waals surface area contributed by atoms with E-state index >= 15 is 0 Å². The molecule has 0 saturated carbocycles. The van der Waals surface area contributed by atoms with E-state index in [1.807, 2.05) is 48.5 Å². The third-order valence-electron chi connectivity index (χ3n) is 2.43. The number of nitrogens with zero attached hydrogens (tertiary/aromatic N) is 1. The Labute approximate surface area is 105 Å². The zero-order valence-corrected chi connectivity index (χ0v) is 9.69. The molecule has 18 heavy (non-hydrogen) atoms. The van der Waals surface area contributed by atoms with Crippen LogP contribution in [0.15, 0.2) is 54.7 Å². The molecule has 0 fully saturated rings. The van der Waals surface area contributed by atoms with Gasteiger partial charge in [-0.05, 0) is 17.7 Å². The maximum atomic E-state index is 10.6. The summed E-state index contributed by atoms with van der Waals surface area (Å²) >= 11 is 0. The third-order valence-corrected chi connectivity index (χ3v) is 2.43. The van der Waals surface area contributed by atoms with Crippen molar-refractivity contribution in [1.82, 2.24) is 4.98 Å². The molecule has 92 valence electrons. The number of rotatable bonds is 5. The second-order valence-corrected chi connectivity index (χ2v) is 3.75. The Bertz CT molecular complexity index is 459. The van der Waals surface area contributed by atoms with Crippen molar-refractivity contribution in [1.29, 1.82) is 0 Å². The van der Waals surface area contributed by atoms with Gasteiger partial charge >= 0.3 is 5.97 Å². The Morgan fingerprint density at radius 3 is 2.50 bits per heavy atom. The van der Waals surface area contributed by atoms with E-state index < -0.39 is 12.1 Å². The normalized spacial score (nSPS) is 12.0. The van der Waals surface area contributed by atoms with Gasteiger partial charge < -0.3 is 9.84 Å². The Morgan fingerprint density at radius 2 is 1.89 bits per heavy atom. The van der Waals surface area contributed by atoms with Gasteiger partial charge in [-0.15, -0.1) is 0 Å². The van der Waals surface area contributed by atoms with Crippen molar-refractivity contribution in [2.24, 2.45) is 0 Å². The average Bonchev–Trinajstić information content (AvgIpc) is 2.41. The van der Waals surface area contributed by atoms with E-state index in [0.29, 0.717) is 5.69 Å². The van der Waals surface area contributed by atoms with Crippen LogP contribution in [0.4, 0.5) is 0 Å². The topological polar surface area (TPSA) is 59.4 Å². The molecule has 0 aliphatic carbocycles. The molecule has 0 aliphatic heterocycles. The van der Waals surface area contributed by atoms with E-state index in [-0.39, 0.29) is 6.61 Å². The maximum absolute atomic E-state index is 10.6. The van der Waals surface area contributed by atoms with Crippen LogP contribution in [0, 0.1) is 0 Å². The zero-order chi connectivity index (χ0) is 12.8. The predicted octanol–water partition coefficient (Wildman–Crippen LogP) is 2.27. The Morgan fingerprint density at radius 1 is 1.17 bits per heavy atom. The number of benzene rings is 1. The number of carboxylic acid groups (broad SMARTS) is 1. The standard InChI is InChI=1S/C14H13NO3/c16-13(17)10-18-14(11-6-2-1-3-7-11)12-8-4-5-9-15-12/h1-9,14H,10H2,(H,16,17).